The molecule has 0 heterocycles. The molecule has 0 aliphatic rings. The van der Waals surface area contributed by atoms with Gasteiger partial charge in [-0.05, 0) is 38.9 Å². The van der Waals surface area contributed by atoms with Gasteiger partial charge in [0.15, 0.2) is 14.4 Å². The second-order valence-corrected chi connectivity index (χ2v) is 12.6. The highest BCUT2D eigenvalue weighted by Gasteiger charge is 2.57. The third-order valence-electron chi connectivity index (χ3n) is 4.16. The van der Waals surface area contributed by atoms with Gasteiger partial charge in [-0.3, -0.25) is 0 Å². The number of aliphatic carboxylic acids is 1. The lowest BCUT2D eigenvalue weighted by Crippen LogP contribution is -2.69. The zero-order chi connectivity index (χ0) is 20.4. The standard InChI is InChI=1S/C15H28F3NO5Si/c1-9(2)23-12(22)19-10(15(16,17)18)14(6,11(20)21)24-25(7,8)13(3,4)5/h9-10H,1-8H3,(H,19,22)(H,20,21)/p-1/t10-,14-/m1/s1. The molecule has 0 rings (SSSR count). The Morgan fingerprint density at radius 2 is 1.52 bits per heavy atom. The fraction of sp³-hybridized carbons (Fsp3) is 0.867. The summed E-state index contributed by atoms with van der Waals surface area (Å²) >= 11 is 0. The summed E-state index contributed by atoms with van der Waals surface area (Å²) in [5.74, 6) is -2.07. The Morgan fingerprint density at radius 3 is 1.80 bits per heavy atom. The molecule has 0 spiro atoms. The van der Waals surface area contributed by atoms with E-state index in [1.165, 1.54) is 13.8 Å². The summed E-state index contributed by atoms with van der Waals surface area (Å²) in [6, 6.07) is -2.83. The molecular weight excluding hydrogens is 359 g/mol. The average molecular weight is 386 g/mol. The van der Waals surface area contributed by atoms with Crippen molar-refractivity contribution in [2.75, 3.05) is 0 Å². The fourth-order valence-electron chi connectivity index (χ4n) is 1.80. The number of alkyl carbamates (subject to hydrolysis) is 1. The van der Waals surface area contributed by atoms with Crippen LogP contribution in [0.5, 0.6) is 0 Å². The summed E-state index contributed by atoms with van der Waals surface area (Å²) in [7, 11) is -2.94. The number of alkyl halides is 3. The molecule has 0 radical (unpaired) electrons. The van der Waals surface area contributed by atoms with E-state index in [1.54, 1.807) is 39.2 Å². The first-order valence-corrected chi connectivity index (χ1v) is 10.7. The highest BCUT2D eigenvalue weighted by molar-refractivity contribution is 6.74. The summed E-state index contributed by atoms with van der Waals surface area (Å²) < 4.78 is 50.7. The number of carbonyl (C=O) groups is 2. The molecule has 6 nitrogen and oxygen atoms in total. The third-order valence-corrected chi connectivity index (χ3v) is 8.71. The molecule has 0 saturated heterocycles. The number of halogens is 3. The van der Waals surface area contributed by atoms with Crippen molar-refractivity contribution < 1.29 is 37.0 Å². The second kappa shape index (κ2) is 7.53. The molecule has 0 aromatic carbocycles. The van der Waals surface area contributed by atoms with Gasteiger partial charge >= 0.3 is 12.3 Å². The fourth-order valence-corrected chi connectivity index (χ4v) is 3.37. The van der Waals surface area contributed by atoms with Crippen LogP contribution in [0.3, 0.4) is 0 Å². The first-order chi connectivity index (χ1) is 10.8. The maximum atomic E-state index is 13.5. The van der Waals surface area contributed by atoms with Crippen molar-refractivity contribution in [1.82, 2.24) is 5.32 Å². The van der Waals surface area contributed by atoms with Gasteiger partial charge in [-0.25, -0.2) is 4.79 Å². The van der Waals surface area contributed by atoms with Gasteiger partial charge in [-0.15, -0.1) is 0 Å². The normalized spacial score (nSPS) is 17.0. The zero-order valence-electron chi connectivity index (χ0n) is 15.8. The number of hydrogen-bond acceptors (Lipinski definition) is 5. The molecule has 0 unspecified atom stereocenters. The molecule has 0 aromatic heterocycles. The molecule has 10 heteroatoms. The Labute approximate surface area is 147 Å². The van der Waals surface area contributed by atoms with Crippen LogP contribution < -0.4 is 10.4 Å². The number of rotatable bonds is 6. The van der Waals surface area contributed by atoms with Gasteiger partial charge < -0.3 is 24.4 Å². The second-order valence-electron chi connectivity index (χ2n) is 7.83. The summed E-state index contributed by atoms with van der Waals surface area (Å²) in [6.45, 7) is 12.1. The van der Waals surface area contributed by atoms with Gasteiger partial charge in [0.25, 0.3) is 0 Å². The van der Waals surface area contributed by atoms with E-state index in [2.05, 4.69) is 4.74 Å². The number of carboxylic acid groups (broad SMARTS) is 1. The average Bonchev–Trinajstić information content (AvgIpc) is 2.31. The van der Waals surface area contributed by atoms with E-state index in [4.69, 9.17) is 4.43 Å². The maximum Gasteiger partial charge on any atom is 0.411 e. The van der Waals surface area contributed by atoms with Gasteiger partial charge in [0.05, 0.1) is 12.1 Å². The molecule has 0 bridgehead atoms. The van der Waals surface area contributed by atoms with Crippen molar-refractivity contribution in [3.05, 3.63) is 0 Å². The molecule has 1 N–H and O–H groups in total. The molecule has 1 amide bonds. The van der Waals surface area contributed by atoms with Crippen molar-refractivity contribution >= 4 is 20.4 Å². The Kier molecular flexibility index (Phi) is 7.14. The molecule has 2 atom stereocenters. The zero-order valence-corrected chi connectivity index (χ0v) is 16.8. The third kappa shape index (κ3) is 6.18. The number of nitrogens with one attached hydrogen (secondary N) is 1. The topological polar surface area (TPSA) is 87.7 Å². The van der Waals surface area contributed by atoms with E-state index >= 15 is 0 Å². The van der Waals surface area contributed by atoms with Gasteiger partial charge in [-0.2, -0.15) is 13.2 Å². The Balaban J connectivity index is 5.94. The van der Waals surface area contributed by atoms with Crippen molar-refractivity contribution in [3.63, 3.8) is 0 Å². The highest BCUT2D eigenvalue weighted by atomic mass is 28.4. The van der Waals surface area contributed by atoms with Crippen LogP contribution in [0.2, 0.25) is 18.1 Å². The molecule has 0 aromatic rings. The van der Waals surface area contributed by atoms with E-state index in [9.17, 15) is 27.9 Å². The lowest BCUT2D eigenvalue weighted by molar-refractivity contribution is -0.330. The predicted molar refractivity (Wildman–Crippen MR) is 86.3 cm³/mol. The van der Waals surface area contributed by atoms with Crippen LogP contribution in [-0.2, 0) is 14.0 Å². The van der Waals surface area contributed by atoms with Crippen LogP contribution in [-0.4, -0.2) is 44.3 Å². The summed E-state index contributed by atoms with van der Waals surface area (Å²) in [5.41, 5.74) is -2.81. The number of amides is 1. The number of carboxylic acids is 1. The van der Waals surface area contributed by atoms with Crippen molar-refractivity contribution in [1.29, 1.82) is 0 Å². The number of ether oxygens (including phenoxy) is 1. The minimum atomic E-state index is -5.09. The van der Waals surface area contributed by atoms with Crippen LogP contribution in [0.4, 0.5) is 18.0 Å². The summed E-state index contributed by atoms with van der Waals surface area (Å²) in [6.07, 6.45) is -7.15. The van der Waals surface area contributed by atoms with Gasteiger partial charge in [0.1, 0.15) is 5.60 Å². The van der Waals surface area contributed by atoms with Gasteiger partial charge in [-0.1, -0.05) is 20.8 Å². The van der Waals surface area contributed by atoms with E-state index in [0.717, 1.165) is 6.92 Å². The Hall–Kier alpha value is -1.29. The lowest BCUT2D eigenvalue weighted by atomic mass is 9.96. The molecule has 0 aliphatic heterocycles. The molecule has 25 heavy (non-hydrogen) atoms. The van der Waals surface area contributed by atoms with Crippen LogP contribution in [0, 0.1) is 0 Å². The number of carbonyl (C=O) groups excluding carboxylic acids is 2. The van der Waals surface area contributed by atoms with Crippen molar-refractivity contribution in [3.8, 4) is 0 Å². The largest absolute Gasteiger partial charge is 0.547 e. The molecule has 148 valence electrons. The van der Waals surface area contributed by atoms with Crippen LogP contribution in [0.1, 0.15) is 41.5 Å². The van der Waals surface area contributed by atoms with Crippen LogP contribution in [0.25, 0.3) is 0 Å². The van der Waals surface area contributed by atoms with E-state index in [0.29, 0.717) is 0 Å². The summed E-state index contributed by atoms with van der Waals surface area (Å²) in [5, 5.41) is 12.6. The first-order valence-electron chi connectivity index (χ1n) is 7.80. The van der Waals surface area contributed by atoms with Crippen LogP contribution >= 0.6 is 0 Å². The molecule has 0 saturated carbocycles. The summed E-state index contributed by atoms with van der Waals surface area (Å²) in [4.78, 5) is 23.3. The van der Waals surface area contributed by atoms with Gasteiger partial charge in [0.2, 0.25) is 0 Å². The minimum absolute atomic E-state index is 0.557. The van der Waals surface area contributed by atoms with E-state index in [-0.39, 0.29) is 0 Å². The smallest absolute Gasteiger partial charge is 0.411 e. The molecular formula is C15H27F3NO5Si-. The van der Waals surface area contributed by atoms with Crippen molar-refractivity contribution in [2.45, 2.75) is 83.6 Å². The highest BCUT2D eigenvalue weighted by Crippen LogP contribution is 2.41. The SMILES string of the molecule is CC(C)OC(=O)N[C@@H](C(F)(F)F)[C@@](C)(O[Si](C)(C)C(C)(C)C)C(=O)[O-]. The van der Waals surface area contributed by atoms with E-state index in [1.807, 2.05) is 0 Å². The molecule has 0 aliphatic carbocycles. The number of hydrogen-bond donors (Lipinski definition) is 1. The lowest BCUT2D eigenvalue weighted by Gasteiger charge is -2.47. The van der Waals surface area contributed by atoms with Gasteiger partial charge in [0, 0.05) is 0 Å². The van der Waals surface area contributed by atoms with Crippen LogP contribution in [0.15, 0.2) is 0 Å². The Bertz CT molecular complexity index is 502. The Morgan fingerprint density at radius 1 is 1.08 bits per heavy atom. The first kappa shape index (κ1) is 23.7. The quantitative estimate of drug-likeness (QED) is 0.709. The maximum absolute atomic E-state index is 13.5. The molecule has 0 fully saturated rings. The predicted octanol–water partition coefficient (Wildman–Crippen LogP) is 2.58. The monoisotopic (exact) mass is 386 g/mol. The minimum Gasteiger partial charge on any atom is -0.547 e. The van der Waals surface area contributed by atoms with Crippen molar-refractivity contribution in [2.24, 2.45) is 0 Å². The van der Waals surface area contributed by atoms with E-state index < -0.39 is 49.3 Å².